The lowest BCUT2D eigenvalue weighted by Gasteiger charge is -2.34. The van der Waals surface area contributed by atoms with Gasteiger partial charge >= 0.3 is 0 Å². The van der Waals surface area contributed by atoms with Gasteiger partial charge in [-0.15, -0.1) is 0 Å². The fourth-order valence-electron chi connectivity index (χ4n) is 7.48. The maximum Gasteiger partial charge on any atom is 0.160 e. The Hall–Kier alpha value is -6.12. The summed E-state index contributed by atoms with van der Waals surface area (Å²) in [5.41, 5.74) is 12.2. The highest BCUT2D eigenvalue weighted by Gasteiger charge is 2.46. The molecule has 0 fully saturated rings. The van der Waals surface area contributed by atoms with E-state index in [9.17, 15) is 0 Å². The van der Waals surface area contributed by atoms with Crippen LogP contribution in [0.1, 0.15) is 22.3 Å². The molecule has 1 aliphatic carbocycles. The van der Waals surface area contributed by atoms with Crippen molar-refractivity contribution >= 4 is 10.8 Å². The fourth-order valence-corrected chi connectivity index (χ4v) is 7.48. The maximum absolute atomic E-state index is 5.10. The predicted octanol–water partition coefficient (Wildman–Crippen LogP) is 11.0. The second kappa shape index (κ2) is 11.0. The van der Waals surface area contributed by atoms with E-state index in [4.69, 9.17) is 9.97 Å². The van der Waals surface area contributed by atoms with E-state index in [1.165, 1.54) is 44.2 Å². The summed E-state index contributed by atoms with van der Waals surface area (Å²) in [4.78, 5) is 10.2. The van der Waals surface area contributed by atoms with Crippen LogP contribution in [-0.4, -0.2) is 9.97 Å². The van der Waals surface area contributed by atoms with Gasteiger partial charge in [0.1, 0.15) is 0 Å². The smallest absolute Gasteiger partial charge is 0.160 e. The van der Waals surface area contributed by atoms with E-state index in [0.717, 1.165) is 28.1 Å². The van der Waals surface area contributed by atoms with Crippen LogP contribution in [0.25, 0.3) is 55.8 Å². The first-order valence-corrected chi connectivity index (χ1v) is 16.1. The largest absolute Gasteiger partial charge is 0.228 e. The van der Waals surface area contributed by atoms with Gasteiger partial charge in [-0.1, -0.05) is 176 Å². The van der Waals surface area contributed by atoms with E-state index in [0.29, 0.717) is 5.82 Å². The molecular weight excluding hydrogens is 569 g/mol. The van der Waals surface area contributed by atoms with Gasteiger partial charge in [-0.2, -0.15) is 0 Å². The van der Waals surface area contributed by atoms with Gasteiger partial charge in [0.15, 0.2) is 5.82 Å². The Morgan fingerprint density at radius 2 is 0.936 bits per heavy atom. The summed E-state index contributed by atoms with van der Waals surface area (Å²) in [6.07, 6.45) is 0. The number of hydrogen-bond donors (Lipinski definition) is 0. The number of rotatable bonds is 5. The zero-order valence-corrected chi connectivity index (χ0v) is 25.7. The molecule has 0 bridgehead atoms. The minimum atomic E-state index is -0.475. The van der Waals surface area contributed by atoms with Crippen molar-refractivity contribution < 1.29 is 0 Å². The van der Waals surface area contributed by atoms with Crippen LogP contribution in [0.2, 0.25) is 0 Å². The highest BCUT2D eigenvalue weighted by molar-refractivity contribution is 6.04. The third-order valence-electron chi connectivity index (χ3n) is 9.58. The molecule has 1 aromatic heterocycles. The molecule has 220 valence electrons. The van der Waals surface area contributed by atoms with Crippen LogP contribution in [0.5, 0.6) is 0 Å². The van der Waals surface area contributed by atoms with E-state index in [1.54, 1.807) is 0 Å². The number of benzene rings is 7. The molecule has 1 atom stereocenters. The van der Waals surface area contributed by atoms with Crippen LogP contribution in [0.3, 0.4) is 0 Å². The molecule has 0 N–H and O–H groups in total. The third kappa shape index (κ3) is 4.34. The average molecular weight is 599 g/mol. The second-order valence-electron chi connectivity index (χ2n) is 12.1. The van der Waals surface area contributed by atoms with Crippen LogP contribution < -0.4 is 0 Å². The first-order chi connectivity index (χ1) is 23.3. The standard InChI is InChI=1S/C45H30N2/c1-4-15-32(16-5-1)41-30-42(33-17-6-2-7-18-33)47-44(46-41)34-24-27-36(28-25-34)45(35-19-8-3-9-20-35)39-23-13-12-22-38(39)43-37-21-11-10-14-31(37)26-29-40(43)45/h1-30H. The van der Waals surface area contributed by atoms with Gasteiger partial charge < -0.3 is 0 Å². The van der Waals surface area contributed by atoms with Gasteiger partial charge in [-0.3, -0.25) is 0 Å². The Morgan fingerprint density at radius 1 is 0.383 bits per heavy atom. The van der Waals surface area contributed by atoms with Gasteiger partial charge in [0.25, 0.3) is 0 Å². The Bertz CT molecular complexity index is 2320. The number of aromatic nitrogens is 2. The number of hydrogen-bond acceptors (Lipinski definition) is 2. The normalized spacial score (nSPS) is 14.9. The Balaban J connectivity index is 1.26. The van der Waals surface area contributed by atoms with Crippen LogP contribution in [0.15, 0.2) is 182 Å². The third-order valence-corrected chi connectivity index (χ3v) is 9.58. The second-order valence-corrected chi connectivity index (χ2v) is 12.1. The molecule has 8 aromatic rings. The molecule has 1 heterocycles. The van der Waals surface area contributed by atoms with E-state index in [1.807, 2.05) is 12.1 Å². The lowest BCUT2D eigenvalue weighted by molar-refractivity contribution is 0.769. The molecule has 0 amide bonds. The van der Waals surface area contributed by atoms with Crippen LogP contribution in [0, 0.1) is 0 Å². The minimum Gasteiger partial charge on any atom is -0.228 e. The van der Waals surface area contributed by atoms with Gasteiger partial charge in [-0.05, 0) is 50.2 Å². The zero-order chi connectivity index (χ0) is 31.2. The quantitative estimate of drug-likeness (QED) is 0.197. The Labute approximate surface area is 274 Å². The molecular formula is C45H30N2. The lowest BCUT2D eigenvalue weighted by atomic mass is 9.67. The SMILES string of the molecule is c1ccc(-c2cc(-c3ccccc3)nc(-c3ccc(C4(c5ccccc5)c5ccccc5-c5c4ccc4ccccc54)cc3)n2)cc1. The lowest BCUT2D eigenvalue weighted by Crippen LogP contribution is -2.28. The summed E-state index contributed by atoms with van der Waals surface area (Å²) in [6, 6.07) is 65.0. The maximum atomic E-state index is 5.10. The van der Waals surface area contributed by atoms with E-state index < -0.39 is 5.41 Å². The Morgan fingerprint density at radius 3 is 1.62 bits per heavy atom. The summed E-state index contributed by atoms with van der Waals surface area (Å²) < 4.78 is 0. The molecule has 1 aliphatic rings. The van der Waals surface area contributed by atoms with Crippen LogP contribution in [0.4, 0.5) is 0 Å². The van der Waals surface area contributed by atoms with Gasteiger partial charge in [0, 0.05) is 16.7 Å². The minimum absolute atomic E-state index is 0.475. The van der Waals surface area contributed by atoms with Gasteiger partial charge in [-0.25, -0.2) is 9.97 Å². The molecule has 0 saturated heterocycles. The molecule has 0 aliphatic heterocycles. The molecule has 9 rings (SSSR count). The molecule has 47 heavy (non-hydrogen) atoms. The van der Waals surface area contributed by atoms with Crippen LogP contribution >= 0.6 is 0 Å². The van der Waals surface area contributed by atoms with Crippen molar-refractivity contribution in [1.29, 1.82) is 0 Å². The highest BCUT2D eigenvalue weighted by Crippen LogP contribution is 2.57. The average Bonchev–Trinajstić information content (AvgIpc) is 3.47. The molecule has 0 saturated carbocycles. The first kappa shape index (κ1) is 27.2. The molecule has 2 nitrogen and oxygen atoms in total. The summed E-state index contributed by atoms with van der Waals surface area (Å²) in [7, 11) is 0. The van der Waals surface area contributed by atoms with Crippen molar-refractivity contribution in [2.45, 2.75) is 5.41 Å². The van der Waals surface area contributed by atoms with E-state index in [2.05, 4.69) is 170 Å². The van der Waals surface area contributed by atoms with Crippen molar-refractivity contribution in [1.82, 2.24) is 9.97 Å². The highest BCUT2D eigenvalue weighted by atomic mass is 14.9. The van der Waals surface area contributed by atoms with Crippen LogP contribution in [-0.2, 0) is 5.41 Å². The summed E-state index contributed by atoms with van der Waals surface area (Å²) >= 11 is 0. The predicted molar refractivity (Wildman–Crippen MR) is 193 cm³/mol. The van der Waals surface area contributed by atoms with E-state index >= 15 is 0 Å². The number of fused-ring (bicyclic) bond motifs is 5. The first-order valence-electron chi connectivity index (χ1n) is 16.1. The van der Waals surface area contributed by atoms with Crippen molar-refractivity contribution in [3.63, 3.8) is 0 Å². The van der Waals surface area contributed by atoms with Gasteiger partial charge in [0.2, 0.25) is 0 Å². The summed E-state index contributed by atoms with van der Waals surface area (Å²) in [5, 5.41) is 2.54. The Kier molecular flexibility index (Phi) is 6.39. The molecule has 2 heteroatoms. The number of nitrogens with zero attached hydrogens (tertiary/aromatic N) is 2. The van der Waals surface area contributed by atoms with Crippen molar-refractivity contribution in [3.8, 4) is 45.0 Å². The van der Waals surface area contributed by atoms with Gasteiger partial charge in [0.05, 0.1) is 16.8 Å². The topological polar surface area (TPSA) is 25.8 Å². The molecule has 1 unspecified atom stereocenters. The summed E-state index contributed by atoms with van der Waals surface area (Å²) in [5.74, 6) is 0.712. The zero-order valence-electron chi connectivity index (χ0n) is 25.7. The summed E-state index contributed by atoms with van der Waals surface area (Å²) in [6.45, 7) is 0. The van der Waals surface area contributed by atoms with Crippen molar-refractivity contribution in [2.75, 3.05) is 0 Å². The molecule has 0 spiro atoms. The molecule has 7 aromatic carbocycles. The fraction of sp³-hybridized carbons (Fsp3) is 0.0222. The van der Waals surface area contributed by atoms with Crippen molar-refractivity contribution in [3.05, 3.63) is 204 Å². The van der Waals surface area contributed by atoms with Crippen molar-refractivity contribution in [2.24, 2.45) is 0 Å². The monoisotopic (exact) mass is 598 g/mol. The molecule has 0 radical (unpaired) electrons. The van der Waals surface area contributed by atoms with E-state index in [-0.39, 0.29) is 0 Å².